The highest BCUT2D eigenvalue weighted by atomic mass is 32.1. The van der Waals surface area contributed by atoms with Crippen molar-refractivity contribution in [3.05, 3.63) is 10.6 Å². The van der Waals surface area contributed by atoms with Crippen molar-refractivity contribution in [2.75, 3.05) is 20.2 Å². The molecule has 0 bridgehead atoms. The number of rotatable bonds is 3. The highest BCUT2D eigenvalue weighted by Gasteiger charge is 2.34. The first kappa shape index (κ1) is 13.9. The molecule has 0 radical (unpaired) electrons. The highest BCUT2D eigenvalue weighted by molar-refractivity contribution is 7.08. The summed E-state index contributed by atoms with van der Waals surface area (Å²) in [5.41, 5.74) is 0.733. The standard InChI is InChI=1S/C12H17N3O3S/c1-7(2)9-10(19-14-13-9)11(16)15-5-4-8(6-15)12(17)18-3/h7-8H,4-6H2,1-3H3. The number of amides is 1. The largest absolute Gasteiger partial charge is 0.469 e. The van der Waals surface area contributed by atoms with Crippen LogP contribution in [0.5, 0.6) is 0 Å². The highest BCUT2D eigenvalue weighted by Crippen LogP contribution is 2.25. The minimum absolute atomic E-state index is 0.0786. The molecule has 1 unspecified atom stereocenters. The van der Waals surface area contributed by atoms with Crippen molar-refractivity contribution in [2.24, 2.45) is 5.92 Å². The van der Waals surface area contributed by atoms with Crippen LogP contribution < -0.4 is 0 Å². The lowest BCUT2D eigenvalue weighted by molar-refractivity contribution is -0.144. The van der Waals surface area contributed by atoms with E-state index in [1.807, 2.05) is 13.8 Å². The van der Waals surface area contributed by atoms with E-state index in [-0.39, 0.29) is 23.7 Å². The second kappa shape index (κ2) is 5.64. The van der Waals surface area contributed by atoms with Crippen LogP contribution in [0.3, 0.4) is 0 Å². The van der Waals surface area contributed by atoms with E-state index in [2.05, 4.69) is 9.59 Å². The lowest BCUT2D eigenvalue weighted by Crippen LogP contribution is -2.30. The normalized spacial score (nSPS) is 18.9. The van der Waals surface area contributed by atoms with Gasteiger partial charge in [-0.15, -0.1) is 5.10 Å². The average molecular weight is 283 g/mol. The summed E-state index contributed by atoms with van der Waals surface area (Å²) in [5, 5.41) is 4.01. The molecule has 7 heteroatoms. The Morgan fingerprint density at radius 3 is 2.84 bits per heavy atom. The van der Waals surface area contributed by atoms with Crippen LogP contribution >= 0.6 is 11.5 Å². The molecule has 6 nitrogen and oxygen atoms in total. The number of esters is 1. The molecule has 1 fully saturated rings. The van der Waals surface area contributed by atoms with Crippen LogP contribution in [0, 0.1) is 5.92 Å². The van der Waals surface area contributed by atoms with E-state index in [0.29, 0.717) is 24.4 Å². The van der Waals surface area contributed by atoms with Gasteiger partial charge in [-0.1, -0.05) is 18.3 Å². The Hall–Kier alpha value is -1.50. The summed E-state index contributed by atoms with van der Waals surface area (Å²) in [6.45, 7) is 4.96. The predicted molar refractivity (Wildman–Crippen MR) is 70.0 cm³/mol. The van der Waals surface area contributed by atoms with Crippen LogP contribution in [0.1, 0.15) is 41.6 Å². The summed E-state index contributed by atoms with van der Waals surface area (Å²) >= 11 is 1.12. The van der Waals surface area contributed by atoms with Gasteiger partial charge >= 0.3 is 5.97 Å². The number of aromatic nitrogens is 2. The first-order valence-electron chi connectivity index (χ1n) is 6.24. The Kier molecular flexibility index (Phi) is 4.14. The number of hydrogen-bond donors (Lipinski definition) is 0. The first-order valence-corrected chi connectivity index (χ1v) is 7.01. The fraction of sp³-hybridized carbons (Fsp3) is 0.667. The molecule has 19 heavy (non-hydrogen) atoms. The van der Waals surface area contributed by atoms with Crippen molar-refractivity contribution >= 4 is 23.4 Å². The third-order valence-corrected chi connectivity index (χ3v) is 3.99. The van der Waals surface area contributed by atoms with Crippen LogP contribution in [0.2, 0.25) is 0 Å². The van der Waals surface area contributed by atoms with E-state index in [1.54, 1.807) is 4.90 Å². The number of carbonyl (C=O) groups excluding carboxylic acids is 2. The molecule has 1 aromatic heterocycles. The quantitative estimate of drug-likeness (QED) is 0.782. The van der Waals surface area contributed by atoms with Gasteiger partial charge in [-0.05, 0) is 23.9 Å². The summed E-state index contributed by atoms with van der Waals surface area (Å²) < 4.78 is 8.57. The summed E-state index contributed by atoms with van der Waals surface area (Å²) in [6, 6.07) is 0. The predicted octanol–water partition coefficient (Wildman–Crippen LogP) is 1.30. The molecule has 0 aromatic carbocycles. The lowest BCUT2D eigenvalue weighted by atomic mass is 10.1. The maximum absolute atomic E-state index is 12.4. The summed E-state index contributed by atoms with van der Waals surface area (Å²) in [5.74, 6) is -0.374. The minimum Gasteiger partial charge on any atom is -0.469 e. The monoisotopic (exact) mass is 283 g/mol. The van der Waals surface area contributed by atoms with E-state index in [4.69, 9.17) is 4.74 Å². The fourth-order valence-corrected chi connectivity index (χ4v) is 2.96. The van der Waals surface area contributed by atoms with E-state index < -0.39 is 0 Å². The maximum atomic E-state index is 12.4. The van der Waals surface area contributed by atoms with Crippen molar-refractivity contribution in [1.82, 2.24) is 14.5 Å². The Morgan fingerprint density at radius 2 is 2.21 bits per heavy atom. The molecule has 1 aliphatic rings. The van der Waals surface area contributed by atoms with Crippen LogP contribution in [-0.4, -0.2) is 46.6 Å². The van der Waals surface area contributed by atoms with Crippen molar-refractivity contribution < 1.29 is 14.3 Å². The zero-order valence-electron chi connectivity index (χ0n) is 11.3. The van der Waals surface area contributed by atoms with E-state index in [0.717, 1.165) is 17.2 Å². The maximum Gasteiger partial charge on any atom is 0.310 e. The number of nitrogens with zero attached hydrogens (tertiary/aromatic N) is 3. The molecule has 2 heterocycles. The Balaban J connectivity index is 2.09. The van der Waals surface area contributed by atoms with Gasteiger partial charge in [0.25, 0.3) is 5.91 Å². The molecule has 1 amide bonds. The topological polar surface area (TPSA) is 72.4 Å². The number of likely N-dealkylation sites (tertiary alicyclic amines) is 1. The molecule has 2 rings (SSSR count). The van der Waals surface area contributed by atoms with Gasteiger partial charge in [0.05, 0.1) is 18.7 Å². The molecule has 1 aliphatic heterocycles. The van der Waals surface area contributed by atoms with E-state index in [9.17, 15) is 9.59 Å². The third-order valence-electron chi connectivity index (χ3n) is 3.26. The SMILES string of the molecule is COC(=O)C1CCN(C(=O)c2snnc2C(C)C)C1. The van der Waals surface area contributed by atoms with Gasteiger partial charge in [-0.3, -0.25) is 9.59 Å². The summed E-state index contributed by atoms with van der Waals surface area (Å²) in [4.78, 5) is 26.1. The van der Waals surface area contributed by atoms with Gasteiger partial charge in [0.15, 0.2) is 0 Å². The molecule has 0 spiro atoms. The van der Waals surface area contributed by atoms with Gasteiger partial charge in [0.1, 0.15) is 4.88 Å². The molecule has 1 aromatic rings. The lowest BCUT2D eigenvalue weighted by Gasteiger charge is -2.15. The number of carbonyl (C=O) groups is 2. The third kappa shape index (κ3) is 2.75. The van der Waals surface area contributed by atoms with Crippen molar-refractivity contribution in [3.63, 3.8) is 0 Å². The Labute approximate surface area is 115 Å². The molecule has 1 atom stereocenters. The molecule has 104 valence electrons. The van der Waals surface area contributed by atoms with E-state index >= 15 is 0 Å². The Bertz CT molecular complexity index is 486. The van der Waals surface area contributed by atoms with Crippen LogP contribution in [0.4, 0.5) is 0 Å². The van der Waals surface area contributed by atoms with Crippen molar-refractivity contribution in [1.29, 1.82) is 0 Å². The van der Waals surface area contributed by atoms with Gasteiger partial charge in [-0.2, -0.15) is 0 Å². The zero-order chi connectivity index (χ0) is 14.0. The van der Waals surface area contributed by atoms with Gasteiger partial charge in [0, 0.05) is 13.1 Å². The molecule has 1 saturated heterocycles. The minimum atomic E-state index is -0.248. The number of ether oxygens (including phenoxy) is 1. The van der Waals surface area contributed by atoms with Gasteiger partial charge in [0.2, 0.25) is 0 Å². The van der Waals surface area contributed by atoms with Crippen molar-refractivity contribution in [2.45, 2.75) is 26.2 Å². The number of methoxy groups -OCH3 is 1. The summed E-state index contributed by atoms with van der Waals surface area (Å²) in [6.07, 6.45) is 0.654. The van der Waals surface area contributed by atoms with Crippen LogP contribution in [-0.2, 0) is 9.53 Å². The Morgan fingerprint density at radius 1 is 1.47 bits per heavy atom. The smallest absolute Gasteiger partial charge is 0.310 e. The second-order valence-corrected chi connectivity index (χ2v) is 5.66. The molecular formula is C12H17N3O3S. The second-order valence-electron chi connectivity index (χ2n) is 4.90. The average Bonchev–Trinajstić information content (AvgIpc) is 3.05. The zero-order valence-corrected chi connectivity index (χ0v) is 12.1. The fourth-order valence-electron chi connectivity index (χ4n) is 2.17. The molecule has 0 aliphatic carbocycles. The summed E-state index contributed by atoms with van der Waals surface area (Å²) in [7, 11) is 1.37. The van der Waals surface area contributed by atoms with Crippen LogP contribution in [0.15, 0.2) is 0 Å². The molecule has 0 N–H and O–H groups in total. The molecular weight excluding hydrogens is 266 g/mol. The van der Waals surface area contributed by atoms with Crippen molar-refractivity contribution in [3.8, 4) is 0 Å². The molecule has 0 saturated carbocycles. The number of hydrogen-bond acceptors (Lipinski definition) is 6. The van der Waals surface area contributed by atoms with Gasteiger partial charge in [-0.25, -0.2) is 0 Å². The van der Waals surface area contributed by atoms with Crippen LogP contribution in [0.25, 0.3) is 0 Å². The van der Waals surface area contributed by atoms with E-state index in [1.165, 1.54) is 7.11 Å². The first-order chi connectivity index (χ1) is 9.04. The van der Waals surface area contributed by atoms with Gasteiger partial charge < -0.3 is 9.64 Å².